The van der Waals surface area contributed by atoms with Crippen LogP contribution in [0.1, 0.15) is 36.7 Å². The third-order valence-corrected chi connectivity index (χ3v) is 5.71. The highest BCUT2D eigenvalue weighted by molar-refractivity contribution is 7.91. The van der Waals surface area contributed by atoms with Crippen LogP contribution in [0.2, 0.25) is 0 Å². The lowest BCUT2D eigenvalue weighted by molar-refractivity contribution is 0.0948. The van der Waals surface area contributed by atoms with Gasteiger partial charge in [0.25, 0.3) is 5.91 Å². The molecule has 22 heavy (non-hydrogen) atoms. The van der Waals surface area contributed by atoms with Gasteiger partial charge in [-0.25, -0.2) is 8.42 Å². The van der Waals surface area contributed by atoms with Gasteiger partial charge in [-0.15, -0.1) is 0 Å². The Morgan fingerprint density at radius 1 is 1.50 bits per heavy atom. The van der Waals surface area contributed by atoms with Crippen molar-refractivity contribution >= 4 is 21.4 Å². The Morgan fingerprint density at radius 2 is 2.27 bits per heavy atom. The first-order chi connectivity index (χ1) is 10.4. The second-order valence-corrected chi connectivity index (χ2v) is 7.91. The number of amides is 1. The van der Waals surface area contributed by atoms with E-state index in [9.17, 15) is 13.2 Å². The van der Waals surface area contributed by atoms with E-state index in [0.717, 1.165) is 18.5 Å². The summed E-state index contributed by atoms with van der Waals surface area (Å²) in [5.41, 5.74) is 1.18. The van der Waals surface area contributed by atoms with Crippen molar-refractivity contribution in [2.75, 3.05) is 30.0 Å². The number of anilines is 1. The number of nitrogens with one attached hydrogen (secondary N) is 1. The maximum Gasteiger partial charge on any atom is 0.269 e. The average molecular weight is 325 g/mol. The van der Waals surface area contributed by atoms with E-state index in [1.807, 2.05) is 11.9 Å². The summed E-state index contributed by atoms with van der Waals surface area (Å²) in [6, 6.07) is 3.48. The largest absolute Gasteiger partial charge is 0.370 e. The van der Waals surface area contributed by atoms with Gasteiger partial charge in [0.05, 0.1) is 11.5 Å². The number of aromatic nitrogens is 1. The Kier molecular flexibility index (Phi) is 5.39. The fourth-order valence-electron chi connectivity index (χ4n) is 2.52. The van der Waals surface area contributed by atoms with Crippen LogP contribution in [0.5, 0.6) is 0 Å². The molecule has 1 atom stereocenters. The molecule has 6 nitrogen and oxygen atoms in total. The Balaban J connectivity index is 2.06. The van der Waals surface area contributed by atoms with Gasteiger partial charge in [-0.3, -0.25) is 9.78 Å². The number of carbonyl (C=O) groups is 1. The Morgan fingerprint density at radius 3 is 2.91 bits per heavy atom. The molecular weight excluding hydrogens is 302 g/mol. The molecule has 1 saturated heterocycles. The summed E-state index contributed by atoms with van der Waals surface area (Å²) >= 11 is 0. The number of hydrogen-bond donors (Lipinski definition) is 1. The lowest BCUT2D eigenvalue weighted by atomic mass is 10.2. The lowest BCUT2D eigenvalue weighted by Gasteiger charge is -2.25. The monoisotopic (exact) mass is 325 g/mol. The quantitative estimate of drug-likeness (QED) is 0.796. The fourth-order valence-corrected chi connectivity index (χ4v) is 4.30. The zero-order chi connectivity index (χ0) is 16.2. The van der Waals surface area contributed by atoms with Crippen molar-refractivity contribution in [3.63, 3.8) is 0 Å². The van der Waals surface area contributed by atoms with Gasteiger partial charge >= 0.3 is 0 Å². The van der Waals surface area contributed by atoms with Gasteiger partial charge in [-0.2, -0.15) is 0 Å². The minimum absolute atomic E-state index is 0.0385. The molecule has 0 saturated carbocycles. The zero-order valence-corrected chi connectivity index (χ0v) is 13.9. The van der Waals surface area contributed by atoms with Gasteiger partial charge in [0, 0.05) is 31.5 Å². The third-order valence-electron chi connectivity index (χ3n) is 3.96. The highest BCUT2D eigenvalue weighted by Crippen LogP contribution is 2.23. The van der Waals surface area contributed by atoms with Gasteiger partial charge in [0.1, 0.15) is 5.69 Å². The van der Waals surface area contributed by atoms with Crippen molar-refractivity contribution < 1.29 is 13.2 Å². The first-order valence-electron chi connectivity index (χ1n) is 7.60. The molecule has 0 aliphatic carbocycles. The van der Waals surface area contributed by atoms with E-state index >= 15 is 0 Å². The van der Waals surface area contributed by atoms with Gasteiger partial charge in [-0.1, -0.05) is 13.3 Å². The molecular formula is C15H23N3O3S. The van der Waals surface area contributed by atoms with Crippen molar-refractivity contribution in [3.8, 4) is 0 Å². The molecule has 1 amide bonds. The summed E-state index contributed by atoms with van der Waals surface area (Å²) < 4.78 is 23.2. The molecule has 0 bridgehead atoms. The number of sulfone groups is 1. The van der Waals surface area contributed by atoms with Crippen molar-refractivity contribution in [2.45, 2.75) is 32.2 Å². The van der Waals surface area contributed by atoms with E-state index < -0.39 is 9.84 Å². The molecule has 0 radical (unpaired) electrons. The molecule has 2 heterocycles. The maximum atomic E-state index is 12.0. The molecule has 1 N–H and O–H groups in total. The Bertz CT molecular complexity index is 631. The minimum Gasteiger partial charge on any atom is -0.370 e. The van der Waals surface area contributed by atoms with E-state index in [2.05, 4.69) is 17.2 Å². The van der Waals surface area contributed by atoms with E-state index in [-0.39, 0.29) is 23.5 Å². The van der Waals surface area contributed by atoms with Gasteiger partial charge in [-0.05, 0) is 25.0 Å². The van der Waals surface area contributed by atoms with E-state index in [1.54, 1.807) is 18.3 Å². The predicted octanol–water partition coefficient (Wildman–Crippen LogP) is 1.23. The molecule has 1 aliphatic heterocycles. The normalized spacial score (nSPS) is 19.8. The van der Waals surface area contributed by atoms with Crippen molar-refractivity contribution in [2.24, 2.45) is 0 Å². The average Bonchev–Trinajstić information content (AvgIpc) is 2.87. The fraction of sp³-hybridized carbons (Fsp3) is 0.600. The van der Waals surface area contributed by atoms with Crippen LogP contribution in [0.25, 0.3) is 0 Å². The van der Waals surface area contributed by atoms with Gasteiger partial charge < -0.3 is 10.2 Å². The molecule has 1 aliphatic rings. The minimum atomic E-state index is -2.93. The maximum absolute atomic E-state index is 12.0. The first kappa shape index (κ1) is 16.7. The first-order valence-corrected chi connectivity index (χ1v) is 9.42. The molecule has 7 heteroatoms. The second kappa shape index (κ2) is 7.09. The summed E-state index contributed by atoms with van der Waals surface area (Å²) in [4.78, 5) is 18.1. The molecule has 122 valence electrons. The van der Waals surface area contributed by atoms with Crippen LogP contribution < -0.4 is 10.2 Å². The van der Waals surface area contributed by atoms with Crippen molar-refractivity contribution in [1.82, 2.24) is 10.3 Å². The molecule has 0 aromatic carbocycles. The summed E-state index contributed by atoms with van der Waals surface area (Å²) in [5.74, 6) is 0.212. The van der Waals surface area contributed by atoms with E-state index in [1.165, 1.54) is 0 Å². The number of rotatable bonds is 6. The predicted molar refractivity (Wildman–Crippen MR) is 86.9 cm³/mol. The second-order valence-electron chi connectivity index (χ2n) is 5.68. The van der Waals surface area contributed by atoms with Gasteiger partial charge in [0.2, 0.25) is 0 Å². The number of carbonyl (C=O) groups excluding carboxylic acids is 1. The summed E-state index contributed by atoms with van der Waals surface area (Å²) in [6.07, 6.45) is 4.17. The van der Waals surface area contributed by atoms with Crippen LogP contribution in [0, 0.1) is 0 Å². The topological polar surface area (TPSA) is 79.4 Å². The van der Waals surface area contributed by atoms with Crippen molar-refractivity contribution in [3.05, 3.63) is 24.0 Å². The van der Waals surface area contributed by atoms with E-state index in [0.29, 0.717) is 18.7 Å². The van der Waals surface area contributed by atoms with Crippen LogP contribution in [0.4, 0.5) is 5.69 Å². The SMILES string of the molecule is CCCCNC(=O)c1cc(N(C)C2CCS(=O)(=O)C2)ccn1. The van der Waals surface area contributed by atoms with Gasteiger partial charge in [0.15, 0.2) is 9.84 Å². The summed E-state index contributed by atoms with van der Waals surface area (Å²) in [5, 5.41) is 2.83. The zero-order valence-electron chi connectivity index (χ0n) is 13.1. The van der Waals surface area contributed by atoms with Crippen LogP contribution >= 0.6 is 0 Å². The molecule has 0 spiro atoms. The molecule has 1 aromatic rings. The summed E-state index contributed by atoms with van der Waals surface area (Å²) in [6.45, 7) is 2.70. The Hall–Kier alpha value is -1.63. The summed E-state index contributed by atoms with van der Waals surface area (Å²) in [7, 11) is -1.07. The smallest absolute Gasteiger partial charge is 0.269 e. The van der Waals surface area contributed by atoms with Crippen LogP contribution in [0.3, 0.4) is 0 Å². The molecule has 2 rings (SSSR count). The highest BCUT2D eigenvalue weighted by atomic mass is 32.2. The van der Waals surface area contributed by atoms with E-state index in [4.69, 9.17) is 0 Å². The molecule has 1 aromatic heterocycles. The van der Waals surface area contributed by atoms with Crippen LogP contribution in [-0.4, -0.2) is 50.4 Å². The molecule has 1 unspecified atom stereocenters. The van der Waals surface area contributed by atoms with Crippen LogP contribution in [-0.2, 0) is 9.84 Å². The Labute approximate surface area is 131 Å². The molecule has 1 fully saturated rings. The number of nitrogens with zero attached hydrogens (tertiary/aromatic N) is 2. The third kappa shape index (κ3) is 4.19. The van der Waals surface area contributed by atoms with Crippen LogP contribution in [0.15, 0.2) is 18.3 Å². The number of hydrogen-bond acceptors (Lipinski definition) is 5. The lowest BCUT2D eigenvalue weighted by Crippen LogP contribution is -2.33. The standard InChI is InChI=1S/C15H23N3O3S/c1-3-4-7-17-15(19)14-10-12(5-8-16-14)18(2)13-6-9-22(20,21)11-13/h5,8,10,13H,3-4,6-7,9,11H2,1-2H3,(H,17,19). The highest BCUT2D eigenvalue weighted by Gasteiger charge is 2.31. The van der Waals surface area contributed by atoms with Crippen molar-refractivity contribution in [1.29, 1.82) is 0 Å². The number of unbranched alkanes of at least 4 members (excludes halogenated alkanes) is 1. The number of pyridine rings is 1.